The molecular weight excluding hydrogens is 242 g/mol. The largest absolute Gasteiger partial charge is 0.382 e. The average molecular weight is 271 g/mol. The Bertz CT molecular complexity index is 263. The first kappa shape index (κ1) is 16.2. The highest BCUT2D eigenvalue weighted by molar-refractivity contribution is 5.79. The predicted molar refractivity (Wildman–Crippen MR) is 78.7 cm³/mol. The van der Waals surface area contributed by atoms with E-state index in [1.807, 2.05) is 6.92 Å². The molecule has 0 amide bonds. The average Bonchev–Trinajstić information content (AvgIpc) is 2.83. The number of guanidine groups is 1. The van der Waals surface area contributed by atoms with Gasteiger partial charge in [-0.05, 0) is 40.0 Å². The lowest BCUT2D eigenvalue weighted by Crippen LogP contribution is -2.39. The molecule has 1 heterocycles. The van der Waals surface area contributed by atoms with Crippen molar-refractivity contribution in [2.45, 2.75) is 45.6 Å². The molecule has 1 saturated heterocycles. The van der Waals surface area contributed by atoms with Crippen molar-refractivity contribution in [3.05, 3.63) is 0 Å². The molecule has 0 aliphatic carbocycles. The van der Waals surface area contributed by atoms with E-state index in [1.54, 1.807) is 0 Å². The quantitative estimate of drug-likeness (QED) is 0.399. The lowest BCUT2D eigenvalue weighted by atomic mass is 10.0. The lowest BCUT2D eigenvalue weighted by Gasteiger charge is -2.21. The van der Waals surface area contributed by atoms with E-state index in [1.165, 1.54) is 0 Å². The van der Waals surface area contributed by atoms with E-state index < -0.39 is 0 Å². The van der Waals surface area contributed by atoms with Crippen molar-refractivity contribution < 1.29 is 9.47 Å². The van der Waals surface area contributed by atoms with Gasteiger partial charge in [0.2, 0.25) is 0 Å². The van der Waals surface area contributed by atoms with Gasteiger partial charge in [-0.3, -0.25) is 4.99 Å². The Morgan fingerprint density at radius 2 is 2.21 bits per heavy atom. The summed E-state index contributed by atoms with van der Waals surface area (Å²) >= 11 is 0. The van der Waals surface area contributed by atoms with Crippen molar-refractivity contribution in [2.75, 3.05) is 39.5 Å². The number of hydrogen-bond donors (Lipinski definition) is 2. The Balaban J connectivity index is 2.29. The maximum absolute atomic E-state index is 5.74. The Morgan fingerprint density at radius 1 is 1.37 bits per heavy atom. The van der Waals surface area contributed by atoms with Gasteiger partial charge in [0, 0.05) is 32.9 Å². The van der Waals surface area contributed by atoms with Gasteiger partial charge in [-0.15, -0.1) is 0 Å². The zero-order chi connectivity index (χ0) is 14.0. The zero-order valence-electron chi connectivity index (χ0n) is 12.6. The van der Waals surface area contributed by atoms with Crippen LogP contribution in [0.1, 0.15) is 40.0 Å². The number of ether oxygens (including phenoxy) is 2. The van der Waals surface area contributed by atoms with Crippen LogP contribution >= 0.6 is 0 Å². The maximum Gasteiger partial charge on any atom is 0.191 e. The van der Waals surface area contributed by atoms with E-state index in [4.69, 9.17) is 9.47 Å². The van der Waals surface area contributed by atoms with E-state index in [0.717, 1.165) is 58.1 Å². The van der Waals surface area contributed by atoms with E-state index in [9.17, 15) is 0 Å². The summed E-state index contributed by atoms with van der Waals surface area (Å²) in [5.41, 5.74) is -0.0757. The molecule has 0 bridgehead atoms. The second-order valence-corrected chi connectivity index (χ2v) is 5.07. The summed E-state index contributed by atoms with van der Waals surface area (Å²) in [4.78, 5) is 4.61. The van der Waals surface area contributed by atoms with E-state index in [2.05, 4.69) is 29.5 Å². The molecule has 0 aromatic carbocycles. The highest BCUT2D eigenvalue weighted by Gasteiger charge is 2.29. The zero-order valence-corrected chi connectivity index (χ0v) is 12.6. The molecular formula is C14H29N3O2. The van der Waals surface area contributed by atoms with Crippen molar-refractivity contribution in [1.82, 2.24) is 10.6 Å². The molecule has 0 aromatic rings. The Kier molecular flexibility index (Phi) is 7.82. The van der Waals surface area contributed by atoms with Gasteiger partial charge in [0.15, 0.2) is 5.96 Å². The first-order valence-corrected chi connectivity index (χ1v) is 7.44. The van der Waals surface area contributed by atoms with Crippen molar-refractivity contribution in [3.63, 3.8) is 0 Å². The first-order chi connectivity index (χ1) is 9.20. The van der Waals surface area contributed by atoms with Gasteiger partial charge >= 0.3 is 0 Å². The highest BCUT2D eigenvalue weighted by atomic mass is 16.5. The summed E-state index contributed by atoms with van der Waals surface area (Å²) in [6.07, 6.45) is 3.23. The lowest BCUT2D eigenvalue weighted by molar-refractivity contribution is 0.0283. The molecule has 0 spiro atoms. The predicted octanol–water partition coefficient (Wildman–Crippen LogP) is 1.54. The van der Waals surface area contributed by atoms with Gasteiger partial charge in [-0.2, -0.15) is 0 Å². The molecule has 0 saturated carbocycles. The van der Waals surface area contributed by atoms with Gasteiger partial charge < -0.3 is 20.1 Å². The topological polar surface area (TPSA) is 54.9 Å². The van der Waals surface area contributed by atoms with Crippen molar-refractivity contribution in [2.24, 2.45) is 4.99 Å². The van der Waals surface area contributed by atoms with Crippen molar-refractivity contribution in [1.29, 1.82) is 0 Å². The summed E-state index contributed by atoms with van der Waals surface area (Å²) < 4.78 is 11.1. The second-order valence-electron chi connectivity index (χ2n) is 5.07. The normalized spacial score (nSPS) is 23.6. The Labute approximate surface area is 117 Å². The molecule has 1 fully saturated rings. The van der Waals surface area contributed by atoms with Crippen LogP contribution in [0.15, 0.2) is 4.99 Å². The third-order valence-corrected chi connectivity index (χ3v) is 3.18. The van der Waals surface area contributed by atoms with Crippen LogP contribution in [0.3, 0.4) is 0 Å². The molecule has 1 rings (SSSR count). The molecule has 0 radical (unpaired) electrons. The van der Waals surface area contributed by atoms with Crippen LogP contribution in [0.5, 0.6) is 0 Å². The minimum atomic E-state index is -0.0757. The van der Waals surface area contributed by atoms with Crippen LogP contribution in [0.4, 0.5) is 0 Å². The fourth-order valence-electron chi connectivity index (χ4n) is 2.07. The number of nitrogens with one attached hydrogen (secondary N) is 2. The molecule has 0 aromatic heterocycles. The SMILES string of the molecule is CCNC(=NCC1(C)CCCO1)NCCCOCC. The number of rotatable bonds is 8. The van der Waals surface area contributed by atoms with Crippen molar-refractivity contribution in [3.8, 4) is 0 Å². The molecule has 112 valence electrons. The van der Waals surface area contributed by atoms with Gasteiger partial charge in [-0.25, -0.2) is 0 Å². The number of aliphatic imine (C=N–C) groups is 1. The third kappa shape index (κ3) is 6.78. The third-order valence-electron chi connectivity index (χ3n) is 3.18. The van der Waals surface area contributed by atoms with Crippen LogP contribution in [0, 0.1) is 0 Å². The van der Waals surface area contributed by atoms with Gasteiger partial charge in [0.05, 0.1) is 12.1 Å². The first-order valence-electron chi connectivity index (χ1n) is 7.44. The standard InChI is InChI=1S/C14H29N3O2/c1-4-15-13(16-9-7-10-18-5-2)17-12-14(3)8-6-11-19-14/h4-12H2,1-3H3,(H2,15,16,17). The Hall–Kier alpha value is -0.810. The highest BCUT2D eigenvalue weighted by Crippen LogP contribution is 2.24. The summed E-state index contributed by atoms with van der Waals surface area (Å²) in [5, 5.41) is 6.58. The molecule has 1 unspecified atom stereocenters. The molecule has 1 atom stereocenters. The molecule has 2 N–H and O–H groups in total. The van der Waals surface area contributed by atoms with E-state index in [-0.39, 0.29) is 5.60 Å². The fraction of sp³-hybridized carbons (Fsp3) is 0.929. The molecule has 1 aliphatic rings. The molecule has 5 nitrogen and oxygen atoms in total. The van der Waals surface area contributed by atoms with Crippen LogP contribution in [-0.2, 0) is 9.47 Å². The van der Waals surface area contributed by atoms with Gasteiger partial charge in [0.1, 0.15) is 0 Å². The summed E-state index contributed by atoms with van der Waals surface area (Å²) in [6, 6.07) is 0. The van der Waals surface area contributed by atoms with E-state index >= 15 is 0 Å². The number of nitrogens with zero attached hydrogens (tertiary/aromatic N) is 1. The smallest absolute Gasteiger partial charge is 0.191 e. The van der Waals surface area contributed by atoms with E-state index in [0.29, 0.717) is 6.54 Å². The Morgan fingerprint density at radius 3 is 2.84 bits per heavy atom. The van der Waals surface area contributed by atoms with Crippen LogP contribution in [0.25, 0.3) is 0 Å². The minimum Gasteiger partial charge on any atom is -0.382 e. The van der Waals surface area contributed by atoms with Crippen LogP contribution in [0.2, 0.25) is 0 Å². The van der Waals surface area contributed by atoms with Crippen LogP contribution in [-0.4, -0.2) is 51.0 Å². The maximum atomic E-state index is 5.74. The summed E-state index contributed by atoms with van der Waals surface area (Å²) in [5.74, 6) is 0.871. The van der Waals surface area contributed by atoms with Crippen LogP contribution < -0.4 is 10.6 Å². The minimum absolute atomic E-state index is 0.0757. The monoisotopic (exact) mass is 271 g/mol. The van der Waals surface area contributed by atoms with Crippen molar-refractivity contribution >= 4 is 5.96 Å². The fourth-order valence-corrected chi connectivity index (χ4v) is 2.07. The molecule has 19 heavy (non-hydrogen) atoms. The van der Waals surface area contributed by atoms with Gasteiger partial charge in [-0.1, -0.05) is 0 Å². The molecule has 5 heteroatoms. The number of hydrogen-bond acceptors (Lipinski definition) is 3. The molecule has 1 aliphatic heterocycles. The second kappa shape index (κ2) is 9.15. The summed E-state index contributed by atoms with van der Waals surface area (Å²) in [7, 11) is 0. The van der Waals surface area contributed by atoms with Gasteiger partial charge in [0.25, 0.3) is 0 Å². The summed E-state index contributed by atoms with van der Waals surface area (Å²) in [6.45, 7) is 11.1.